The van der Waals surface area contributed by atoms with Crippen molar-refractivity contribution in [2.24, 2.45) is 0 Å². The van der Waals surface area contributed by atoms with Crippen LogP contribution in [0.1, 0.15) is 6.92 Å². The summed E-state index contributed by atoms with van der Waals surface area (Å²) in [5.74, 6) is 0. The zero-order chi connectivity index (χ0) is 10.6. The maximum Gasteiger partial charge on any atom is 0.113 e. The second-order valence-corrected chi connectivity index (χ2v) is 3.43. The summed E-state index contributed by atoms with van der Waals surface area (Å²) in [5, 5.41) is 44.8. The van der Waals surface area contributed by atoms with Crippen LogP contribution in [-0.2, 0) is 0 Å². The van der Waals surface area contributed by atoms with E-state index in [2.05, 4.69) is 12.2 Å². The Bertz CT molecular complexity index is 174. The van der Waals surface area contributed by atoms with Crippen LogP contribution in [0.2, 0.25) is 0 Å². The van der Waals surface area contributed by atoms with E-state index in [1.165, 1.54) is 6.92 Å². The van der Waals surface area contributed by atoms with E-state index in [0.717, 1.165) is 0 Å². The van der Waals surface area contributed by atoms with E-state index >= 15 is 0 Å². The fourth-order valence-corrected chi connectivity index (χ4v) is 0.902. The molecule has 0 aliphatic heterocycles. The molecular formula is C7H14O5S. The van der Waals surface area contributed by atoms with Crippen molar-refractivity contribution >= 4 is 17.1 Å². The van der Waals surface area contributed by atoms with Gasteiger partial charge < -0.3 is 25.5 Å². The highest BCUT2D eigenvalue weighted by molar-refractivity contribution is 7.80. The minimum absolute atomic E-state index is 0.108. The van der Waals surface area contributed by atoms with E-state index in [0.29, 0.717) is 0 Å². The Morgan fingerprint density at radius 2 is 1.62 bits per heavy atom. The molecule has 0 unspecified atom stereocenters. The SMILES string of the molecule is CC(=S)[C@H](O)[C@@H](O)[C@H](O)[C@H](O)CO. The lowest BCUT2D eigenvalue weighted by atomic mass is 10.0. The van der Waals surface area contributed by atoms with Gasteiger partial charge in [0.25, 0.3) is 0 Å². The van der Waals surface area contributed by atoms with Gasteiger partial charge in [0.1, 0.15) is 24.4 Å². The smallest absolute Gasteiger partial charge is 0.113 e. The summed E-state index contributed by atoms with van der Waals surface area (Å²) in [7, 11) is 0. The second kappa shape index (κ2) is 5.58. The van der Waals surface area contributed by atoms with Crippen LogP contribution in [-0.4, -0.2) is 61.4 Å². The fraction of sp³-hybridized carbons (Fsp3) is 0.857. The number of aliphatic hydroxyl groups excluding tert-OH is 5. The van der Waals surface area contributed by atoms with Gasteiger partial charge in [-0.25, -0.2) is 0 Å². The Kier molecular flexibility index (Phi) is 5.54. The molecule has 0 spiro atoms. The molecule has 6 heteroatoms. The maximum atomic E-state index is 9.20. The van der Waals surface area contributed by atoms with Gasteiger partial charge in [-0.2, -0.15) is 0 Å². The number of hydrogen-bond acceptors (Lipinski definition) is 6. The Morgan fingerprint density at radius 3 is 1.92 bits per heavy atom. The van der Waals surface area contributed by atoms with Crippen molar-refractivity contribution in [3.63, 3.8) is 0 Å². The normalized spacial score (nSPS) is 20.5. The summed E-state index contributed by atoms with van der Waals surface area (Å²) in [6, 6.07) is 0. The van der Waals surface area contributed by atoms with Gasteiger partial charge in [-0.1, -0.05) is 12.2 Å². The lowest BCUT2D eigenvalue weighted by Crippen LogP contribution is -2.47. The summed E-state index contributed by atoms with van der Waals surface area (Å²) in [6.45, 7) is 0.711. The van der Waals surface area contributed by atoms with Gasteiger partial charge in [-0.05, 0) is 6.92 Å². The lowest BCUT2D eigenvalue weighted by molar-refractivity contribution is -0.100. The Morgan fingerprint density at radius 1 is 1.15 bits per heavy atom. The van der Waals surface area contributed by atoms with Crippen LogP contribution >= 0.6 is 12.2 Å². The number of rotatable bonds is 5. The summed E-state index contributed by atoms with van der Waals surface area (Å²) in [6.07, 6.45) is -6.07. The molecule has 78 valence electrons. The molecule has 0 aliphatic rings. The van der Waals surface area contributed by atoms with Crippen molar-refractivity contribution in [1.82, 2.24) is 0 Å². The minimum atomic E-state index is -1.61. The summed E-state index contributed by atoms with van der Waals surface area (Å²) < 4.78 is 0. The highest BCUT2D eigenvalue weighted by atomic mass is 32.1. The molecular weight excluding hydrogens is 196 g/mol. The average Bonchev–Trinajstić information content (AvgIpc) is 2.12. The van der Waals surface area contributed by atoms with Gasteiger partial charge in [-0.15, -0.1) is 0 Å². The molecule has 0 aromatic rings. The molecule has 0 bridgehead atoms. The Labute approximate surface area is 81.3 Å². The van der Waals surface area contributed by atoms with Crippen molar-refractivity contribution in [3.8, 4) is 0 Å². The first-order valence-electron chi connectivity index (χ1n) is 3.75. The summed E-state index contributed by atoms with van der Waals surface area (Å²) in [4.78, 5) is 0.108. The molecule has 0 saturated carbocycles. The van der Waals surface area contributed by atoms with Gasteiger partial charge in [0.2, 0.25) is 0 Å². The van der Waals surface area contributed by atoms with Gasteiger partial charge in [0, 0.05) is 4.86 Å². The van der Waals surface area contributed by atoms with Crippen molar-refractivity contribution in [2.75, 3.05) is 6.61 Å². The third-order valence-electron chi connectivity index (χ3n) is 1.67. The molecule has 4 atom stereocenters. The van der Waals surface area contributed by atoms with E-state index in [1.54, 1.807) is 0 Å². The minimum Gasteiger partial charge on any atom is -0.394 e. The van der Waals surface area contributed by atoms with Gasteiger partial charge in [0.15, 0.2) is 0 Å². The highest BCUT2D eigenvalue weighted by Crippen LogP contribution is 2.06. The molecule has 13 heavy (non-hydrogen) atoms. The standard InChI is InChI=1S/C7H14O5S/c1-3(13)5(10)7(12)6(11)4(9)2-8/h4-12H,2H2,1H3/t4-,5+,6-,7-/m1/s1. The topological polar surface area (TPSA) is 101 Å². The molecule has 0 radical (unpaired) electrons. The number of hydrogen-bond donors (Lipinski definition) is 5. The zero-order valence-electron chi connectivity index (χ0n) is 7.16. The second-order valence-electron chi connectivity index (χ2n) is 2.79. The predicted molar refractivity (Wildman–Crippen MR) is 49.4 cm³/mol. The fourth-order valence-electron chi connectivity index (χ4n) is 0.763. The van der Waals surface area contributed by atoms with E-state index in [1.807, 2.05) is 0 Å². The monoisotopic (exact) mass is 210 g/mol. The molecule has 0 aromatic heterocycles. The lowest BCUT2D eigenvalue weighted by Gasteiger charge is -2.24. The molecule has 0 aromatic carbocycles. The zero-order valence-corrected chi connectivity index (χ0v) is 7.98. The largest absolute Gasteiger partial charge is 0.394 e. The van der Waals surface area contributed by atoms with Crippen LogP contribution in [0.5, 0.6) is 0 Å². The van der Waals surface area contributed by atoms with E-state index in [9.17, 15) is 5.11 Å². The summed E-state index contributed by atoms with van der Waals surface area (Å²) in [5.41, 5.74) is 0. The van der Waals surface area contributed by atoms with E-state index in [-0.39, 0.29) is 4.86 Å². The van der Waals surface area contributed by atoms with Gasteiger partial charge >= 0.3 is 0 Å². The predicted octanol–water partition coefficient (Wildman–Crippen LogP) is -2.19. The van der Waals surface area contributed by atoms with Crippen LogP contribution in [0.4, 0.5) is 0 Å². The maximum absolute atomic E-state index is 9.20. The molecule has 0 aliphatic carbocycles. The quantitative estimate of drug-likeness (QED) is 0.330. The van der Waals surface area contributed by atoms with Crippen molar-refractivity contribution in [1.29, 1.82) is 0 Å². The Balaban J connectivity index is 4.24. The van der Waals surface area contributed by atoms with Gasteiger partial charge in [0.05, 0.1) is 6.61 Å². The molecule has 5 N–H and O–H groups in total. The first-order chi connectivity index (χ1) is 5.91. The van der Waals surface area contributed by atoms with Gasteiger partial charge in [-0.3, -0.25) is 0 Å². The third kappa shape index (κ3) is 3.63. The number of aliphatic hydroxyl groups is 5. The molecule has 0 fully saturated rings. The first kappa shape index (κ1) is 12.9. The Hall–Kier alpha value is -0.110. The van der Waals surface area contributed by atoms with Crippen LogP contribution < -0.4 is 0 Å². The van der Waals surface area contributed by atoms with Crippen LogP contribution in [0.25, 0.3) is 0 Å². The van der Waals surface area contributed by atoms with Crippen molar-refractivity contribution < 1.29 is 25.5 Å². The third-order valence-corrected chi connectivity index (χ3v) is 1.91. The molecule has 0 saturated heterocycles. The highest BCUT2D eigenvalue weighted by Gasteiger charge is 2.30. The molecule has 5 nitrogen and oxygen atoms in total. The molecule has 0 amide bonds. The van der Waals surface area contributed by atoms with E-state index in [4.69, 9.17) is 20.4 Å². The van der Waals surface area contributed by atoms with Crippen LogP contribution in [0.15, 0.2) is 0 Å². The summed E-state index contributed by atoms with van der Waals surface area (Å²) >= 11 is 4.57. The van der Waals surface area contributed by atoms with Crippen LogP contribution in [0, 0.1) is 0 Å². The first-order valence-corrected chi connectivity index (χ1v) is 4.16. The number of thiocarbonyl (C=S) groups is 1. The molecule has 0 rings (SSSR count). The average molecular weight is 210 g/mol. The van der Waals surface area contributed by atoms with Crippen LogP contribution in [0.3, 0.4) is 0 Å². The van der Waals surface area contributed by atoms with E-state index < -0.39 is 31.0 Å². The molecule has 0 heterocycles. The van der Waals surface area contributed by atoms with Crippen molar-refractivity contribution in [2.45, 2.75) is 31.3 Å². The van der Waals surface area contributed by atoms with Crippen molar-refractivity contribution in [3.05, 3.63) is 0 Å².